The molecule has 0 aromatic heterocycles. The fourth-order valence-electron chi connectivity index (χ4n) is 0.639. The van der Waals surface area contributed by atoms with Crippen molar-refractivity contribution in [1.82, 2.24) is 0 Å². The summed E-state index contributed by atoms with van der Waals surface area (Å²) in [5.41, 5.74) is 0.0463. The molecule has 50 valence electrons. The molecule has 0 aromatic carbocycles. The van der Waals surface area contributed by atoms with Crippen LogP contribution in [0.25, 0.3) is 0 Å². The summed E-state index contributed by atoms with van der Waals surface area (Å²) in [5.74, 6) is 1.52. The van der Waals surface area contributed by atoms with Gasteiger partial charge in [-0.05, 0) is 6.08 Å². The molecular formula is C5H4BNO3. The lowest BCUT2D eigenvalue weighted by Crippen LogP contribution is -2.25. The smallest absolute Gasteiger partial charge is 0.422 e. The molecule has 1 heterocycles. The van der Waals surface area contributed by atoms with Gasteiger partial charge in [-0.3, -0.25) is 4.99 Å². The quantitative estimate of drug-likeness (QED) is 0.349. The summed E-state index contributed by atoms with van der Waals surface area (Å²) in [6.07, 6.45) is 2.68. The highest BCUT2D eigenvalue weighted by molar-refractivity contribution is 6.84. The van der Waals surface area contributed by atoms with Crippen LogP contribution >= 0.6 is 0 Å². The molecule has 0 radical (unpaired) electrons. The van der Waals surface area contributed by atoms with E-state index < -0.39 is 7.12 Å². The van der Waals surface area contributed by atoms with Gasteiger partial charge in [0.25, 0.3) is 0 Å². The Kier molecular flexibility index (Phi) is 1.82. The Morgan fingerprint density at radius 2 is 2.30 bits per heavy atom. The molecule has 0 aliphatic carbocycles. The largest absolute Gasteiger partial charge is 0.509 e. The fourth-order valence-corrected chi connectivity index (χ4v) is 0.639. The Labute approximate surface area is 57.4 Å². The van der Waals surface area contributed by atoms with Gasteiger partial charge in [-0.1, -0.05) is 0 Å². The Hall–Kier alpha value is -1.16. The van der Waals surface area contributed by atoms with Crippen LogP contribution in [0.15, 0.2) is 22.8 Å². The fraction of sp³-hybridized carbons (Fsp3) is 0. The zero-order valence-corrected chi connectivity index (χ0v) is 4.98. The summed E-state index contributed by atoms with van der Waals surface area (Å²) < 4.78 is 0. The molecule has 0 unspecified atom stereocenters. The summed E-state index contributed by atoms with van der Waals surface area (Å²) in [6, 6.07) is 0. The van der Waals surface area contributed by atoms with E-state index in [4.69, 9.17) is 10.0 Å². The summed E-state index contributed by atoms with van der Waals surface area (Å²) in [6.45, 7) is 0. The lowest BCUT2D eigenvalue weighted by Gasteiger charge is -1.94. The predicted molar refractivity (Wildman–Crippen MR) is 36.0 cm³/mol. The van der Waals surface area contributed by atoms with Gasteiger partial charge in [0.05, 0.1) is 11.2 Å². The van der Waals surface area contributed by atoms with Gasteiger partial charge in [-0.25, -0.2) is 4.79 Å². The first-order chi connectivity index (χ1) is 4.75. The highest BCUT2D eigenvalue weighted by atomic mass is 16.4. The van der Waals surface area contributed by atoms with E-state index in [1.807, 2.05) is 0 Å². The van der Waals surface area contributed by atoms with E-state index in [0.29, 0.717) is 0 Å². The third-order valence-corrected chi connectivity index (χ3v) is 1.09. The van der Waals surface area contributed by atoms with Crippen LogP contribution in [0.4, 0.5) is 0 Å². The van der Waals surface area contributed by atoms with Gasteiger partial charge in [0.2, 0.25) is 0 Å². The molecule has 0 atom stereocenters. The third kappa shape index (κ3) is 1.06. The average molecular weight is 137 g/mol. The van der Waals surface area contributed by atoms with Crippen molar-refractivity contribution in [1.29, 1.82) is 0 Å². The first-order valence-corrected chi connectivity index (χ1v) is 2.61. The zero-order valence-electron chi connectivity index (χ0n) is 4.98. The normalized spacial score (nSPS) is 15.0. The standard InChI is InChI=1S/C5H4BNO3/c8-3-4-1-2-7-5(4)6(9)10/h1-2,9-10H. The van der Waals surface area contributed by atoms with Crippen LogP contribution in [-0.2, 0) is 4.79 Å². The molecule has 10 heavy (non-hydrogen) atoms. The summed E-state index contributed by atoms with van der Waals surface area (Å²) in [5, 5.41) is 17.1. The van der Waals surface area contributed by atoms with Crippen molar-refractivity contribution in [2.24, 2.45) is 4.99 Å². The topological polar surface area (TPSA) is 69.9 Å². The monoisotopic (exact) mass is 137 g/mol. The second-order valence-electron chi connectivity index (χ2n) is 1.72. The molecule has 0 amide bonds. The molecule has 0 spiro atoms. The molecule has 1 rings (SSSR count). The third-order valence-electron chi connectivity index (χ3n) is 1.09. The van der Waals surface area contributed by atoms with Crippen molar-refractivity contribution in [3.8, 4) is 0 Å². The molecule has 2 N–H and O–H groups in total. The van der Waals surface area contributed by atoms with E-state index in [1.165, 1.54) is 18.2 Å². The summed E-state index contributed by atoms with van der Waals surface area (Å²) in [7, 11) is -1.69. The highest BCUT2D eigenvalue weighted by Crippen LogP contribution is 2.05. The van der Waals surface area contributed by atoms with Crippen LogP contribution in [0.3, 0.4) is 0 Å². The van der Waals surface area contributed by atoms with E-state index in [1.54, 1.807) is 0 Å². The second kappa shape index (κ2) is 2.62. The Balaban J connectivity index is 2.93. The van der Waals surface area contributed by atoms with Crippen LogP contribution in [0.2, 0.25) is 0 Å². The van der Waals surface area contributed by atoms with Gasteiger partial charge >= 0.3 is 7.12 Å². The van der Waals surface area contributed by atoms with Gasteiger partial charge in [-0.2, -0.15) is 0 Å². The average Bonchev–Trinajstić information content (AvgIpc) is 2.33. The number of nitrogens with zero attached hydrogens (tertiary/aromatic N) is 1. The first-order valence-electron chi connectivity index (χ1n) is 2.61. The second-order valence-corrected chi connectivity index (χ2v) is 1.72. The summed E-state index contributed by atoms with van der Waals surface area (Å²) in [4.78, 5) is 13.5. The van der Waals surface area contributed by atoms with Crippen LogP contribution in [0, 0.1) is 0 Å². The van der Waals surface area contributed by atoms with Crippen molar-refractivity contribution >= 4 is 18.7 Å². The SMILES string of the molecule is O=C=C1C=CN=C1B(O)O. The number of rotatable bonds is 1. The minimum absolute atomic E-state index is 0.0463. The molecule has 0 fully saturated rings. The van der Waals surface area contributed by atoms with Crippen molar-refractivity contribution in [2.75, 3.05) is 0 Å². The lowest BCUT2D eigenvalue weighted by atomic mass is 9.80. The maximum Gasteiger partial charge on any atom is 0.509 e. The van der Waals surface area contributed by atoms with Crippen molar-refractivity contribution in [3.05, 3.63) is 17.8 Å². The van der Waals surface area contributed by atoms with Crippen molar-refractivity contribution < 1.29 is 14.8 Å². The minimum Gasteiger partial charge on any atom is -0.422 e. The van der Waals surface area contributed by atoms with Gasteiger partial charge in [-0.15, -0.1) is 0 Å². The van der Waals surface area contributed by atoms with Crippen LogP contribution in [-0.4, -0.2) is 28.7 Å². The number of allylic oxidation sites excluding steroid dienone is 2. The zero-order chi connectivity index (χ0) is 7.56. The van der Waals surface area contributed by atoms with Gasteiger partial charge in [0.1, 0.15) is 5.94 Å². The molecule has 0 saturated heterocycles. The van der Waals surface area contributed by atoms with Crippen molar-refractivity contribution in [2.45, 2.75) is 0 Å². The Morgan fingerprint density at radius 3 is 2.70 bits per heavy atom. The lowest BCUT2D eigenvalue weighted by molar-refractivity contribution is 0.430. The first kappa shape index (κ1) is 6.96. The molecule has 1 aliphatic rings. The van der Waals surface area contributed by atoms with Crippen LogP contribution in [0.5, 0.6) is 0 Å². The predicted octanol–water partition coefficient (Wildman–Crippen LogP) is -1.28. The molecule has 0 aromatic rings. The maximum atomic E-state index is 10.0. The van der Waals surface area contributed by atoms with Crippen LogP contribution in [0.1, 0.15) is 0 Å². The molecule has 0 saturated carbocycles. The highest BCUT2D eigenvalue weighted by Gasteiger charge is 2.22. The van der Waals surface area contributed by atoms with Gasteiger partial charge in [0.15, 0.2) is 0 Å². The molecule has 4 nitrogen and oxygen atoms in total. The van der Waals surface area contributed by atoms with Gasteiger partial charge < -0.3 is 10.0 Å². The number of hydrogen-bond donors (Lipinski definition) is 2. The molecule has 0 bridgehead atoms. The number of aliphatic imine (C=N–C) groups is 1. The van der Waals surface area contributed by atoms with E-state index >= 15 is 0 Å². The van der Waals surface area contributed by atoms with Crippen LogP contribution < -0.4 is 0 Å². The Morgan fingerprint density at radius 1 is 1.60 bits per heavy atom. The van der Waals surface area contributed by atoms with Crippen molar-refractivity contribution in [3.63, 3.8) is 0 Å². The summed E-state index contributed by atoms with van der Waals surface area (Å²) >= 11 is 0. The Bertz CT molecular complexity index is 250. The van der Waals surface area contributed by atoms with E-state index in [-0.39, 0.29) is 11.2 Å². The van der Waals surface area contributed by atoms with Gasteiger partial charge in [0, 0.05) is 6.20 Å². The minimum atomic E-state index is -1.69. The number of carbonyl (C=O) groups excluding carboxylic acids is 1. The number of hydrogen-bond acceptors (Lipinski definition) is 4. The molecular weight excluding hydrogens is 133 g/mol. The molecule has 5 heteroatoms. The maximum absolute atomic E-state index is 10.0. The van der Waals surface area contributed by atoms with E-state index in [9.17, 15) is 4.79 Å². The molecule has 1 aliphatic heterocycles. The van der Waals surface area contributed by atoms with E-state index in [2.05, 4.69) is 4.99 Å². The van der Waals surface area contributed by atoms with E-state index in [0.717, 1.165) is 0 Å².